The van der Waals surface area contributed by atoms with Gasteiger partial charge in [0, 0.05) is 13.0 Å². The minimum Gasteiger partial charge on any atom is -0.481 e. The number of likely N-dealkylation sites (tertiary alicyclic amines) is 1. The number of rotatable bonds is 3. The van der Waals surface area contributed by atoms with E-state index in [4.69, 9.17) is 5.11 Å². The molecule has 0 saturated carbocycles. The van der Waals surface area contributed by atoms with E-state index in [0.29, 0.717) is 13.0 Å². The van der Waals surface area contributed by atoms with E-state index in [2.05, 4.69) is 4.90 Å². The maximum atomic E-state index is 10.3. The summed E-state index contributed by atoms with van der Waals surface area (Å²) >= 11 is 0. The van der Waals surface area contributed by atoms with E-state index in [1.165, 1.54) is 0 Å². The van der Waals surface area contributed by atoms with Crippen LogP contribution in [0.15, 0.2) is 0 Å². The van der Waals surface area contributed by atoms with Crippen molar-refractivity contribution in [3.05, 3.63) is 0 Å². The number of carboxylic acids is 1. The normalized spacial score (nSPS) is 30.3. The maximum absolute atomic E-state index is 10.3. The van der Waals surface area contributed by atoms with Gasteiger partial charge in [-0.3, -0.25) is 4.79 Å². The van der Waals surface area contributed by atoms with E-state index >= 15 is 0 Å². The summed E-state index contributed by atoms with van der Waals surface area (Å²) in [5.41, 5.74) is 0. The van der Waals surface area contributed by atoms with Crippen LogP contribution in [0.5, 0.6) is 0 Å². The van der Waals surface area contributed by atoms with Crippen molar-refractivity contribution in [3.63, 3.8) is 0 Å². The van der Waals surface area contributed by atoms with Crippen LogP contribution in [0.2, 0.25) is 0 Å². The van der Waals surface area contributed by atoms with Crippen molar-refractivity contribution < 1.29 is 15.0 Å². The van der Waals surface area contributed by atoms with Crippen molar-refractivity contribution in [2.24, 2.45) is 5.92 Å². The Kier molecular flexibility index (Phi) is 3.69. The number of aliphatic carboxylic acids is 1. The van der Waals surface area contributed by atoms with Crippen LogP contribution in [0.4, 0.5) is 0 Å². The Morgan fingerprint density at radius 3 is 2.85 bits per heavy atom. The van der Waals surface area contributed by atoms with E-state index in [-0.39, 0.29) is 18.4 Å². The summed E-state index contributed by atoms with van der Waals surface area (Å²) in [5, 5.41) is 18.1. The Balaban J connectivity index is 2.29. The van der Waals surface area contributed by atoms with Crippen molar-refractivity contribution in [3.8, 4) is 0 Å². The third-order valence-electron chi connectivity index (χ3n) is 2.65. The van der Waals surface area contributed by atoms with Crippen molar-refractivity contribution in [1.82, 2.24) is 4.90 Å². The maximum Gasteiger partial charge on any atom is 0.303 e. The van der Waals surface area contributed by atoms with Gasteiger partial charge in [-0.05, 0) is 32.4 Å². The first-order valence-electron chi connectivity index (χ1n) is 4.68. The van der Waals surface area contributed by atoms with Crippen molar-refractivity contribution >= 4 is 5.97 Å². The lowest BCUT2D eigenvalue weighted by Crippen LogP contribution is -2.41. The van der Waals surface area contributed by atoms with Crippen molar-refractivity contribution in [2.45, 2.75) is 25.4 Å². The fraction of sp³-hybridized carbons (Fsp3) is 0.889. The highest BCUT2D eigenvalue weighted by atomic mass is 16.4. The quantitative estimate of drug-likeness (QED) is 0.661. The first kappa shape index (κ1) is 10.5. The van der Waals surface area contributed by atoms with Gasteiger partial charge in [-0.25, -0.2) is 0 Å². The van der Waals surface area contributed by atoms with Crippen LogP contribution in [-0.2, 0) is 4.79 Å². The molecule has 0 aromatic rings. The zero-order valence-electron chi connectivity index (χ0n) is 7.94. The average molecular weight is 187 g/mol. The second-order valence-electron chi connectivity index (χ2n) is 3.81. The molecule has 0 aliphatic carbocycles. The highest BCUT2D eigenvalue weighted by Crippen LogP contribution is 2.21. The van der Waals surface area contributed by atoms with Gasteiger partial charge < -0.3 is 15.1 Å². The second kappa shape index (κ2) is 4.58. The SMILES string of the molecule is CN1CC[C@H](CCC(=O)O)[C@@H](O)C1. The number of likely N-dealkylation sites (N-methyl/N-ethyl adjacent to an activating group) is 1. The molecule has 1 rings (SSSR count). The molecule has 0 amide bonds. The summed E-state index contributed by atoms with van der Waals surface area (Å²) in [7, 11) is 1.97. The van der Waals surface area contributed by atoms with Crippen LogP contribution >= 0.6 is 0 Å². The molecule has 0 aromatic carbocycles. The molecule has 4 heteroatoms. The largest absolute Gasteiger partial charge is 0.481 e. The molecule has 1 fully saturated rings. The molecule has 0 radical (unpaired) electrons. The first-order chi connectivity index (χ1) is 6.09. The van der Waals surface area contributed by atoms with Gasteiger partial charge in [-0.15, -0.1) is 0 Å². The molecule has 0 aromatic heterocycles. The number of carboxylic acid groups (broad SMARTS) is 1. The highest BCUT2D eigenvalue weighted by Gasteiger charge is 2.25. The Morgan fingerprint density at radius 2 is 2.31 bits per heavy atom. The lowest BCUT2D eigenvalue weighted by atomic mass is 9.90. The van der Waals surface area contributed by atoms with E-state index in [1.807, 2.05) is 7.05 Å². The predicted octanol–water partition coefficient (Wildman–Crippen LogP) is 0.164. The van der Waals surface area contributed by atoms with Gasteiger partial charge in [0.15, 0.2) is 0 Å². The summed E-state index contributed by atoms with van der Waals surface area (Å²) in [5.74, 6) is -0.599. The Labute approximate surface area is 78.2 Å². The summed E-state index contributed by atoms with van der Waals surface area (Å²) in [4.78, 5) is 12.4. The molecule has 0 spiro atoms. The number of hydrogen-bond acceptors (Lipinski definition) is 3. The lowest BCUT2D eigenvalue weighted by molar-refractivity contribution is -0.137. The number of aliphatic hydroxyl groups excluding tert-OH is 1. The minimum atomic E-state index is -0.772. The highest BCUT2D eigenvalue weighted by molar-refractivity contribution is 5.66. The van der Waals surface area contributed by atoms with Gasteiger partial charge >= 0.3 is 5.97 Å². The van der Waals surface area contributed by atoms with Crippen LogP contribution in [0.1, 0.15) is 19.3 Å². The second-order valence-corrected chi connectivity index (χ2v) is 3.81. The number of β-amino-alcohol motifs (C(OH)–C–C–N with tert-alkyl or cyclic N) is 1. The molecule has 76 valence electrons. The van der Waals surface area contributed by atoms with Crippen LogP contribution in [0.3, 0.4) is 0 Å². The van der Waals surface area contributed by atoms with E-state index < -0.39 is 5.97 Å². The number of nitrogens with zero attached hydrogens (tertiary/aromatic N) is 1. The lowest BCUT2D eigenvalue weighted by Gasteiger charge is -2.33. The molecule has 4 nitrogen and oxygen atoms in total. The smallest absolute Gasteiger partial charge is 0.303 e. The Morgan fingerprint density at radius 1 is 1.62 bits per heavy atom. The molecule has 1 aliphatic rings. The number of aliphatic hydroxyl groups is 1. The molecule has 1 heterocycles. The van der Waals surface area contributed by atoms with E-state index in [9.17, 15) is 9.90 Å². The summed E-state index contributed by atoms with van der Waals surface area (Å²) in [6.07, 6.45) is 1.33. The summed E-state index contributed by atoms with van der Waals surface area (Å²) < 4.78 is 0. The Bertz CT molecular complexity index is 184. The van der Waals surface area contributed by atoms with Gasteiger partial charge in [0.05, 0.1) is 6.10 Å². The molecule has 0 bridgehead atoms. The van der Waals surface area contributed by atoms with Crippen LogP contribution in [-0.4, -0.2) is 47.3 Å². The third-order valence-corrected chi connectivity index (χ3v) is 2.65. The third kappa shape index (κ3) is 3.32. The van der Waals surface area contributed by atoms with Crippen molar-refractivity contribution in [1.29, 1.82) is 0 Å². The molecule has 1 aliphatic heterocycles. The Hall–Kier alpha value is -0.610. The van der Waals surface area contributed by atoms with Crippen LogP contribution < -0.4 is 0 Å². The van der Waals surface area contributed by atoms with Crippen molar-refractivity contribution in [2.75, 3.05) is 20.1 Å². The molecule has 2 N–H and O–H groups in total. The zero-order valence-corrected chi connectivity index (χ0v) is 7.94. The van der Waals surface area contributed by atoms with Gasteiger partial charge in [0.1, 0.15) is 0 Å². The number of piperidine rings is 1. The molecule has 2 atom stereocenters. The monoisotopic (exact) mass is 187 g/mol. The molecular weight excluding hydrogens is 170 g/mol. The van der Waals surface area contributed by atoms with E-state index in [1.54, 1.807) is 0 Å². The van der Waals surface area contributed by atoms with E-state index in [0.717, 1.165) is 13.0 Å². The number of hydrogen-bond donors (Lipinski definition) is 2. The standard InChI is InChI=1S/C9H17NO3/c1-10-5-4-7(8(11)6-10)2-3-9(12)13/h7-8,11H,2-6H2,1H3,(H,12,13)/t7-,8-/m0/s1. The topological polar surface area (TPSA) is 60.8 Å². The zero-order chi connectivity index (χ0) is 9.84. The van der Waals surface area contributed by atoms with Gasteiger partial charge in [-0.2, -0.15) is 0 Å². The molecule has 0 unspecified atom stereocenters. The fourth-order valence-corrected chi connectivity index (χ4v) is 1.78. The summed E-state index contributed by atoms with van der Waals surface area (Å²) in [6, 6.07) is 0. The van der Waals surface area contributed by atoms with Crippen LogP contribution in [0.25, 0.3) is 0 Å². The van der Waals surface area contributed by atoms with Gasteiger partial charge in [0.25, 0.3) is 0 Å². The molecule has 13 heavy (non-hydrogen) atoms. The van der Waals surface area contributed by atoms with Gasteiger partial charge in [-0.1, -0.05) is 0 Å². The predicted molar refractivity (Wildman–Crippen MR) is 48.5 cm³/mol. The molecule has 1 saturated heterocycles. The minimum absolute atomic E-state index is 0.172. The average Bonchev–Trinajstić information content (AvgIpc) is 2.02. The molecular formula is C9H17NO3. The van der Waals surface area contributed by atoms with Gasteiger partial charge in [0.2, 0.25) is 0 Å². The summed E-state index contributed by atoms with van der Waals surface area (Å²) in [6.45, 7) is 1.63. The fourth-order valence-electron chi connectivity index (χ4n) is 1.78. The first-order valence-corrected chi connectivity index (χ1v) is 4.68. The number of carbonyl (C=O) groups is 1. The van der Waals surface area contributed by atoms with Crippen LogP contribution in [0, 0.1) is 5.92 Å².